The van der Waals surface area contributed by atoms with Crippen molar-refractivity contribution in [2.45, 2.75) is 32.0 Å². The van der Waals surface area contributed by atoms with Gasteiger partial charge in [-0.2, -0.15) is 5.10 Å². The van der Waals surface area contributed by atoms with E-state index in [1.807, 2.05) is 42.2 Å². The van der Waals surface area contributed by atoms with Gasteiger partial charge < -0.3 is 20.2 Å². The molecule has 7 nitrogen and oxygen atoms in total. The normalized spacial score (nSPS) is 19.6. The van der Waals surface area contributed by atoms with Gasteiger partial charge in [-0.3, -0.25) is 0 Å². The molecular formula is C19H24ClN5O2. The van der Waals surface area contributed by atoms with E-state index < -0.39 is 6.10 Å². The lowest BCUT2D eigenvalue weighted by atomic mass is 10.0. The molecule has 2 amide bonds. The van der Waals surface area contributed by atoms with Crippen LogP contribution >= 0.6 is 11.6 Å². The first-order chi connectivity index (χ1) is 13.0. The van der Waals surface area contributed by atoms with Crippen molar-refractivity contribution in [1.29, 1.82) is 0 Å². The summed E-state index contributed by atoms with van der Waals surface area (Å²) in [5.74, 6) is 0.750. The fraction of sp³-hybridized carbons (Fsp3) is 0.421. The number of anilines is 1. The van der Waals surface area contributed by atoms with Crippen molar-refractivity contribution in [2.24, 2.45) is 0 Å². The standard InChI is InChI=1S/C19H24ClN5O2/c1-13-10-14(5-6-15(13)20)11-21-19(27)24(2)16-12-25(9-7-17(16)26)18-4-3-8-22-23-18/h3-6,8,10,16-17,26H,7,9,11-12H2,1-2H3,(H,21,27)/t16-,17-/m0/s1. The molecule has 2 aromatic rings. The van der Waals surface area contributed by atoms with Crippen LogP contribution in [0.15, 0.2) is 36.5 Å². The number of benzene rings is 1. The van der Waals surface area contributed by atoms with E-state index in [0.717, 1.165) is 16.9 Å². The Balaban J connectivity index is 1.61. The van der Waals surface area contributed by atoms with Crippen molar-refractivity contribution < 1.29 is 9.90 Å². The fourth-order valence-corrected chi connectivity index (χ4v) is 3.36. The number of rotatable bonds is 4. The molecule has 0 bridgehead atoms. The van der Waals surface area contributed by atoms with Gasteiger partial charge in [-0.1, -0.05) is 23.7 Å². The van der Waals surface area contributed by atoms with Gasteiger partial charge in [0.1, 0.15) is 0 Å². The van der Waals surface area contributed by atoms with Crippen LogP contribution in [0.2, 0.25) is 5.02 Å². The number of hydrogen-bond acceptors (Lipinski definition) is 5. The third kappa shape index (κ3) is 4.67. The van der Waals surface area contributed by atoms with E-state index in [0.29, 0.717) is 31.1 Å². The maximum atomic E-state index is 12.6. The predicted octanol–water partition coefficient (Wildman–Crippen LogP) is 2.22. The van der Waals surface area contributed by atoms with Crippen LogP contribution in [-0.4, -0.2) is 58.5 Å². The minimum absolute atomic E-state index is 0.229. The topological polar surface area (TPSA) is 81.6 Å². The molecule has 1 aliphatic rings. The van der Waals surface area contributed by atoms with E-state index in [1.54, 1.807) is 18.1 Å². The molecule has 1 aromatic heterocycles. The monoisotopic (exact) mass is 389 g/mol. The Morgan fingerprint density at radius 1 is 1.44 bits per heavy atom. The van der Waals surface area contributed by atoms with Crippen LogP contribution in [0.5, 0.6) is 0 Å². The number of nitrogens with zero attached hydrogens (tertiary/aromatic N) is 4. The maximum absolute atomic E-state index is 12.6. The Morgan fingerprint density at radius 3 is 2.96 bits per heavy atom. The maximum Gasteiger partial charge on any atom is 0.317 e. The van der Waals surface area contributed by atoms with Crippen molar-refractivity contribution in [1.82, 2.24) is 20.4 Å². The summed E-state index contributed by atoms with van der Waals surface area (Å²) in [6.07, 6.45) is 1.61. The zero-order valence-electron chi connectivity index (χ0n) is 15.5. The van der Waals surface area contributed by atoms with Gasteiger partial charge in [0.25, 0.3) is 0 Å². The molecule has 0 radical (unpaired) electrons. The lowest BCUT2D eigenvalue weighted by molar-refractivity contribution is 0.0618. The van der Waals surface area contributed by atoms with E-state index >= 15 is 0 Å². The van der Waals surface area contributed by atoms with Crippen molar-refractivity contribution in [2.75, 3.05) is 25.0 Å². The molecule has 0 unspecified atom stereocenters. The Morgan fingerprint density at radius 2 is 2.26 bits per heavy atom. The fourth-order valence-electron chi connectivity index (χ4n) is 3.24. The summed E-state index contributed by atoms with van der Waals surface area (Å²) in [6, 6.07) is 8.82. The van der Waals surface area contributed by atoms with Gasteiger partial charge in [-0.25, -0.2) is 4.79 Å². The molecule has 2 atom stereocenters. The quantitative estimate of drug-likeness (QED) is 0.837. The minimum Gasteiger partial charge on any atom is -0.391 e. The predicted molar refractivity (Wildman–Crippen MR) is 105 cm³/mol. The van der Waals surface area contributed by atoms with Crippen LogP contribution in [0.4, 0.5) is 10.6 Å². The summed E-state index contributed by atoms with van der Waals surface area (Å²) < 4.78 is 0. The number of aromatic nitrogens is 2. The number of halogens is 1. The summed E-state index contributed by atoms with van der Waals surface area (Å²) in [6.45, 7) is 3.51. The molecule has 3 rings (SSSR count). The first-order valence-corrected chi connectivity index (χ1v) is 9.30. The summed E-state index contributed by atoms with van der Waals surface area (Å²) in [5.41, 5.74) is 1.95. The van der Waals surface area contributed by atoms with E-state index in [-0.39, 0.29) is 12.1 Å². The minimum atomic E-state index is -0.577. The number of likely N-dealkylation sites (N-methyl/N-ethyl adjacent to an activating group) is 1. The van der Waals surface area contributed by atoms with Gasteiger partial charge in [0.2, 0.25) is 0 Å². The summed E-state index contributed by atoms with van der Waals surface area (Å²) in [5, 5.41) is 22.0. The molecule has 2 heterocycles. The van der Waals surface area contributed by atoms with Crippen molar-refractivity contribution in [3.63, 3.8) is 0 Å². The van der Waals surface area contributed by atoms with E-state index in [2.05, 4.69) is 15.5 Å². The summed E-state index contributed by atoms with van der Waals surface area (Å²) in [4.78, 5) is 16.2. The number of urea groups is 1. The van der Waals surface area contributed by atoms with Crippen molar-refractivity contribution in [3.05, 3.63) is 52.7 Å². The van der Waals surface area contributed by atoms with Gasteiger partial charge in [-0.15, -0.1) is 5.10 Å². The number of piperidine rings is 1. The van der Waals surface area contributed by atoms with Crippen molar-refractivity contribution >= 4 is 23.4 Å². The Kier molecular flexibility index (Phi) is 6.13. The molecule has 144 valence electrons. The first kappa shape index (κ1) is 19.4. The van der Waals surface area contributed by atoms with Crippen LogP contribution in [-0.2, 0) is 6.54 Å². The summed E-state index contributed by atoms with van der Waals surface area (Å²) in [7, 11) is 1.70. The van der Waals surface area contributed by atoms with Gasteiger partial charge in [-0.05, 0) is 42.7 Å². The highest BCUT2D eigenvalue weighted by Crippen LogP contribution is 2.20. The Bertz CT molecular complexity index is 789. The van der Waals surface area contributed by atoms with Crippen LogP contribution in [0.25, 0.3) is 0 Å². The van der Waals surface area contributed by atoms with Crippen LogP contribution in [0.3, 0.4) is 0 Å². The largest absolute Gasteiger partial charge is 0.391 e. The molecule has 1 aromatic carbocycles. The molecule has 2 N–H and O–H groups in total. The first-order valence-electron chi connectivity index (χ1n) is 8.92. The molecule has 27 heavy (non-hydrogen) atoms. The van der Waals surface area contributed by atoms with E-state index in [4.69, 9.17) is 11.6 Å². The number of amides is 2. The number of carbonyl (C=O) groups excluding carboxylic acids is 1. The zero-order valence-corrected chi connectivity index (χ0v) is 16.2. The second-order valence-corrected chi connectivity index (χ2v) is 7.21. The number of carbonyl (C=O) groups is 1. The number of aliphatic hydroxyl groups is 1. The molecule has 1 fully saturated rings. The highest BCUT2D eigenvalue weighted by molar-refractivity contribution is 6.31. The second-order valence-electron chi connectivity index (χ2n) is 6.80. The second kappa shape index (κ2) is 8.54. The third-order valence-corrected chi connectivity index (χ3v) is 5.34. The Hall–Kier alpha value is -2.38. The molecule has 1 aliphatic heterocycles. The number of hydrogen-bond donors (Lipinski definition) is 2. The van der Waals surface area contributed by atoms with Gasteiger partial charge in [0, 0.05) is 37.9 Å². The van der Waals surface area contributed by atoms with Crippen LogP contribution in [0, 0.1) is 6.92 Å². The smallest absolute Gasteiger partial charge is 0.317 e. The lowest BCUT2D eigenvalue weighted by Crippen LogP contribution is -2.57. The van der Waals surface area contributed by atoms with Gasteiger partial charge in [0.05, 0.1) is 12.1 Å². The number of aryl methyl sites for hydroxylation is 1. The molecular weight excluding hydrogens is 366 g/mol. The number of nitrogens with one attached hydrogen (secondary N) is 1. The van der Waals surface area contributed by atoms with Crippen LogP contribution in [0.1, 0.15) is 17.5 Å². The lowest BCUT2D eigenvalue weighted by Gasteiger charge is -2.40. The Labute approximate surface area is 164 Å². The highest BCUT2D eigenvalue weighted by atomic mass is 35.5. The molecule has 0 saturated carbocycles. The summed E-state index contributed by atoms with van der Waals surface area (Å²) >= 11 is 6.04. The van der Waals surface area contributed by atoms with Gasteiger partial charge in [0.15, 0.2) is 5.82 Å². The van der Waals surface area contributed by atoms with E-state index in [9.17, 15) is 9.90 Å². The van der Waals surface area contributed by atoms with Crippen LogP contribution < -0.4 is 10.2 Å². The average molecular weight is 390 g/mol. The number of aliphatic hydroxyl groups excluding tert-OH is 1. The highest BCUT2D eigenvalue weighted by Gasteiger charge is 2.33. The molecule has 1 saturated heterocycles. The zero-order chi connectivity index (χ0) is 19.4. The van der Waals surface area contributed by atoms with Gasteiger partial charge >= 0.3 is 6.03 Å². The molecule has 0 spiro atoms. The SMILES string of the molecule is Cc1cc(CNC(=O)N(C)[C@H]2CN(c3cccnn3)CC[C@@H]2O)ccc1Cl. The third-order valence-electron chi connectivity index (χ3n) is 4.91. The van der Waals surface area contributed by atoms with E-state index in [1.165, 1.54) is 0 Å². The molecule has 0 aliphatic carbocycles. The van der Waals surface area contributed by atoms with Crippen molar-refractivity contribution in [3.8, 4) is 0 Å². The molecule has 8 heteroatoms. The average Bonchev–Trinajstić information content (AvgIpc) is 2.69.